The quantitative estimate of drug-likeness (QED) is 0.690. The van der Waals surface area contributed by atoms with Crippen molar-refractivity contribution in [3.63, 3.8) is 0 Å². The van der Waals surface area contributed by atoms with E-state index in [0.29, 0.717) is 37.1 Å². The molecule has 6 heteroatoms. The van der Waals surface area contributed by atoms with Crippen molar-refractivity contribution in [1.82, 2.24) is 14.7 Å². The maximum atomic E-state index is 13.0. The molecule has 2 aliphatic heterocycles. The van der Waals surface area contributed by atoms with Crippen LogP contribution in [0.15, 0.2) is 48.7 Å². The first-order valence-corrected chi connectivity index (χ1v) is 9.88. The number of para-hydroxylation sites is 1. The smallest absolute Gasteiger partial charge is 0.253 e. The molecule has 0 bridgehead atoms. The van der Waals surface area contributed by atoms with Crippen molar-refractivity contribution >= 4 is 5.91 Å². The fourth-order valence-electron chi connectivity index (χ4n) is 4.52. The number of benzene rings is 2. The van der Waals surface area contributed by atoms with Crippen LogP contribution in [-0.2, 0) is 12.6 Å². The second-order valence-electron chi connectivity index (χ2n) is 7.92. The van der Waals surface area contributed by atoms with E-state index in [1.165, 1.54) is 0 Å². The first-order valence-electron chi connectivity index (χ1n) is 9.88. The van der Waals surface area contributed by atoms with Gasteiger partial charge in [-0.15, -0.1) is 0 Å². The van der Waals surface area contributed by atoms with Crippen molar-refractivity contribution < 1.29 is 14.6 Å². The Labute approximate surface area is 169 Å². The number of hydrogen-bond donors (Lipinski definition) is 1. The third-order valence-corrected chi connectivity index (χ3v) is 6.18. The number of piperidine rings is 1. The van der Waals surface area contributed by atoms with Crippen molar-refractivity contribution in [1.29, 1.82) is 0 Å². The Bertz CT molecular complexity index is 1110. The Hall–Kier alpha value is -3.28. The molecule has 29 heavy (non-hydrogen) atoms. The summed E-state index contributed by atoms with van der Waals surface area (Å²) in [5.74, 6) is 1.07. The number of aryl methyl sites for hydroxylation is 2. The molecule has 2 aromatic carbocycles. The lowest BCUT2D eigenvalue weighted by atomic mass is 9.81. The van der Waals surface area contributed by atoms with Crippen LogP contribution in [0.3, 0.4) is 0 Å². The van der Waals surface area contributed by atoms with E-state index in [0.717, 1.165) is 22.6 Å². The Balaban J connectivity index is 1.43. The number of aromatic hydroxyl groups is 1. The summed E-state index contributed by atoms with van der Waals surface area (Å²) < 4.78 is 8.46. The Morgan fingerprint density at radius 3 is 2.69 bits per heavy atom. The summed E-state index contributed by atoms with van der Waals surface area (Å²) in [6.07, 6.45) is 3.33. The van der Waals surface area contributed by atoms with Gasteiger partial charge in [-0.2, -0.15) is 5.10 Å². The van der Waals surface area contributed by atoms with Gasteiger partial charge in [0.05, 0.1) is 11.9 Å². The van der Waals surface area contributed by atoms with Crippen LogP contribution in [0, 0.1) is 6.92 Å². The van der Waals surface area contributed by atoms with Crippen molar-refractivity contribution in [3.05, 3.63) is 65.4 Å². The summed E-state index contributed by atoms with van der Waals surface area (Å²) in [7, 11) is 1.96. The second kappa shape index (κ2) is 6.37. The second-order valence-corrected chi connectivity index (χ2v) is 7.92. The highest BCUT2D eigenvalue weighted by Crippen LogP contribution is 2.49. The topological polar surface area (TPSA) is 67.6 Å². The minimum atomic E-state index is -0.459. The number of fused-ring (bicyclic) bond motifs is 4. The summed E-state index contributed by atoms with van der Waals surface area (Å²) in [6.45, 7) is 3.01. The number of likely N-dealkylation sites (tertiary alicyclic amines) is 1. The average Bonchev–Trinajstić information content (AvgIpc) is 3.13. The number of carbonyl (C=O) groups excluding carboxylic acids is 1. The summed E-state index contributed by atoms with van der Waals surface area (Å²) in [4.78, 5) is 14.8. The third kappa shape index (κ3) is 2.70. The summed E-state index contributed by atoms with van der Waals surface area (Å²) in [6, 6.07) is 13.1. The third-order valence-electron chi connectivity index (χ3n) is 6.18. The van der Waals surface area contributed by atoms with Crippen LogP contribution in [0.25, 0.3) is 11.3 Å². The van der Waals surface area contributed by atoms with Gasteiger partial charge in [0.25, 0.3) is 5.91 Å². The molecule has 3 aromatic rings. The number of hydrogen-bond acceptors (Lipinski definition) is 4. The molecule has 1 amide bonds. The zero-order chi connectivity index (χ0) is 20.2. The monoisotopic (exact) mass is 389 g/mol. The zero-order valence-electron chi connectivity index (χ0n) is 16.6. The number of ether oxygens (including phenoxy) is 1. The van der Waals surface area contributed by atoms with E-state index in [1.54, 1.807) is 25.1 Å². The molecule has 1 aromatic heterocycles. The number of carbonyl (C=O) groups is 1. The summed E-state index contributed by atoms with van der Waals surface area (Å²) >= 11 is 0. The van der Waals surface area contributed by atoms with Gasteiger partial charge in [-0.1, -0.05) is 12.1 Å². The molecule has 148 valence electrons. The van der Waals surface area contributed by atoms with Gasteiger partial charge < -0.3 is 14.7 Å². The van der Waals surface area contributed by atoms with Crippen LogP contribution in [0.4, 0.5) is 0 Å². The predicted molar refractivity (Wildman–Crippen MR) is 109 cm³/mol. The normalized spacial score (nSPS) is 16.8. The van der Waals surface area contributed by atoms with Gasteiger partial charge >= 0.3 is 0 Å². The fourth-order valence-corrected chi connectivity index (χ4v) is 4.52. The number of aromatic nitrogens is 2. The van der Waals surface area contributed by atoms with Crippen LogP contribution < -0.4 is 4.74 Å². The van der Waals surface area contributed by atoms with Crippen molar-refractivity contribution in [2.75, 3.05) is 13.1 Å². The predicted octanol–water partition coefficient (Wildman–Crippen LogP) is 3.63. The van der Waals surface area contributed by atoms with E-state index in [1.807, 2.05) is 41.0 Å². The minimum absolute atomic E-state index is 0.00873. The van der Waals surface area contributed by atoms with E-state index in [4.69, 9.17) is 4.74 Å². The minimum Gasteiger partial charge on any atom is -0.508 e. The van der Waals surface area contributed by atoms with E-state index < -0.39 is 5.60 Å². The molecule has 1 N–H and O–H groups in total. The van der Waals surface area contributed by atoms with Crippen molar-refractivity contribution in [3.8, 4) is 22.8 Å². The number of phenolic OH excluding ortho intramolecular Hbond substituents is 1. The van der Waals surface area contributed by atoms with Crippen LogP contribution in [-0.4, -0.2) is 38.8 Å². The molecule has 1 fully saturated rings. The SMILES string of the molecule is Cc1cc(C(=O)N2CCC3(CC2)Oc2ccccc2-c2c3cnn2C)ccc1O. The van der Waals surface area contributed by atoms with Crippen molar-refractivity contribution in [2.24, 2.45) is 7.05 Å². The number of amides is 1. The zero-order valence-corrected chi connectivity index (χ0v) is 16.6. The number of phenols is 1. The maximum absolute atomic E-state index is 13.0. The van der Waals surface area contributed by atoms with Gasteiger partial charge in [-0.05, 0) is 42.8 Å². The van der Waals surface area contributed by atoms with E-state index in [-0.39, 0.29) is 11.7 Å². The lowest BCUT2D eigenvalue weighted by molar-refractivity contribution is -0.00172. The molecule has 3 heterocycles. The molecule has 0 saturated carbocycles. The average molecular weight is 389 g/mol. The lowest BCUT2D eigenvalue weighted by Gasteiger charge is -2.44. The van der Waals surface area contributed by atoms with Crippen LogP contribution in [0.2, 0.25) is 0 Å². The van der Waals surface area contributed by atoms with E-state index >= 15 is 0 Å². The Morgan fingerprint density at radius 2 is 1.93 bits per heavy atom. The molecule has 1 spiro atoms. The lowest BCUT2D eigenvalue weighted by Crippen LogP contribution is -2.49. The van der Waals surface area contributed by atoms with Gasteiger partial charge in [0.2, 0.25) is 0 Å². The molecule has 0 atom stereocenters. The van der Waals surface area contributed by atoms with E-state index in [9.17, 15) is 9.90 Å². The Morgan fingerprint density at radius 1 is 1.17 bits per heavy atom. The van der Waals surface area contributed by atoms with Crippen LogP contribution in [0.1, 0.15) is 34.3 Å². The van der Waals surface area contributed by atoms with E-state index in [2.05, 4.69) is 11.2 Å². The molecule has 0 unspecified atom stereocenters. The molecular formula is C23H23N3O3. The fraction of sp³-hybridized carbons (Fsp3) is 0.304. The summed E-state index contributed by atoms with van der Waals surface area (Å²) in [5, 5.41) is 14.2. The standard InChI is InChI=1S/C23H23N3O3/c1-15-13-16(7-8-19(15)27)22(28)26-11-9-23(10-12-26)18-14-24-25(2)21(18)17-5-3-4-6-20(17)29-23/h3-8,13-14,27H,9-12H2,1-2H3. The first-order chi connectivity index (χ1) is 14.0. The highest BCUT2D eigenvalue weighted by atomic mass is 16.5. The largest absolute Gasteiger partial charge is 0.508 e. The maximum Gasteiger partial charge on any atom is 0.253 e. The molecule has 2 aliphatic rings. The van der Waals surface area contributed by atoms with Gasteiger partial charge in [0, 0.05) is 49.7 Å². The number of rotatable bonds is 1. The molecule has 0 aliphatic carbocycles. The highest BCUT2D eigenvalue weighted by molar-refractivity contribution is 5.94. The van der Waals surface area contributed by atoms with Gasteiger partial charge in [-0.3, -0.25) is 9.48 Å². The van der Waals surface area contributed by atoms with Crippen LogP contribution >= 0.6 is 0 Å². The van der Waals surface area contributed by atoms with Gasteiger partial charge in [0.1, 0.15) is 17.1 Å². The number of nitrogens with zero attached hydrogens (tertiary/aromatic N) is 3. The Kier molecular flexibility index (Phi) is 3.91. The van der Waals surface area contributed by atoms with Gasteiger partial charge in [-0.25, -0.2) is 0 Å². The van der Waals surface area contributed by atoms with Crippen LogP contribution in [0.5, 0.6) is 11.5 Å². The molecule has 1 saturated heterocycles. The summed E-state index contributed by atoms with van der Waals surface area (Å²) in [5.41, 5.74) is 4.11. The molecular weight excluding hydrogens is 366 g/mol. The van der Waals surface area contributed by atoms with Gasteiger partial charge in [0.15, 0.2) is 0 Å². The highest BCUT2D eigenvalue weighted by Gasteiger charge is 2.45. The van der Waals surface area contributed by atoms with Crippen molar-refractivity contribution in [2.45, 2.75) is 25.4 Å². The molecule has 0 radical (unpaired) electrons. The first kappa shape index (κ1) is 17.8. The molecule has 6 nitrogen and oxygen atoms in total. The molecule has 5 rings (SSSR count).